The van der Waals surface area contributed by atoms with E-state index in [-0.39, 0.29) is 5.91 Å². The number of nitrogens with zero attached hydrogens (tertiary/aromatic N) is 6. The highest BCUT2D eigenvalue weighted by Gasteiger charge is 2.43. The lowest BCUT2D eigenvalue weighted by Gasteiger charge is -2.31. The molecule has 0 radical (unpaired) electrons. The van der Waals surface area contributed by atoms with Crippen LogP contribution in [0.15, 0.2) is 36.5 Å². The zero-order valence-electron chi connectivity index (χ0n) is 20.0. The summed E-state index contributed by atoms with van der Waals surface area (Å²) in [6.07, 6.45) is 3.99. The van der Waals surface area contributed by atoms with E-state index in [0.717, 1.165) is 60.3 Å². The van der Waals surface area contributed by atoms with Gasteiger partial charge in [0.1, 0.15) is 0 Å². The fraction of sp³-hybridized carbons (Fsp3) is 0.480. The van der Waals surface area contributed by atoms with Gasteiger partial charge in [-0.25, -0.2) is 15.0 Å². The van der Waals surface area contributed by atoms with Gasteiger partial charge in [-0.1, -0.05) is 18.2 Å². The lowest BCUT2D eigenvalue weighted by molar-refractivity contribution is 0.0782. The first kappa shape index (κ1) is 22.3. The third-order valence-corrected chi connectivity index (χ3v) is 6.45. The number of hydrogen-bond acceptors (Lipinski definition) is 6. The SMILES string of the molecule is C/C=C\N(c1c(C)cccc1C(=O)N1CC2CN(c3nc(C)cc(C)n3)CC2C1)N(C)C. The molecule has 1 aromatic heterocycles. The molecule has 0 aliphatic carbocycles. The molecule has 2 aliphatic rings. The topological polar surface area (TPSA) is 55.8 Å². The van der Waals surface area contributed by atoms with E-state index in [9.17, 15) is 4.79 Å². The number of amides is 1. The van der Waals surface area contributed by atoms with Gasteiger partial charge in [0, 0.05) is 69.7 Å². The molecule has 2 aliphatic heterocycles. The van der Waals surface area contributed by atoms with Gasteiger partial charge in [-0.3, -0.25) is 9.80 Å². The number of aryl methyl sites for hydroxylation is 3. The van der Waals surface area contributed by atoms with Crippen LogP contribution in [-0.4, -0.2) is 66.1 Å². The van der Waals surface area contributed by atoms with Crippen LogP contribution < -0.4 is 9.91 Å². The van der Waals surface area contributed by atoms with Crippen molar-refractivity contribution in [3.63, 3.8) is 0 Å². The number of hydrazine groups is 1. The molecule has 2 saturated heterocycles. The smallest absolute Gasteiger partial charge is 0.256 e. The number of anilines is 2. The van der Waals surface area contributed by atoms with Gasteiger partial charge in [0.2, 0.25) is 5.95 Å². The molecule has 0 saturated carbocycles. The lowest BCUT2D eigenvalue weighted by Crippen LogP contribution is -2.37. The molecule has 1 aromatic carbocycles. The van der Waals surface area contributed by atoms with Crippen molar-refractivity contribution < 1.29 is 4.79 Å². The van der Waals surface area contributed by atoms with Gasteiger partial charge in [-0.2, -0.15) is 0 Å². The highest BCUT2D eigenvalue weighted by molar-refractivity contribution is 6.00. The normalized spacial score (nSPS) is 20.5. The van der Waals surface area contributed by atoms with E-state index >= 15 is 0 Å². The van der Waals surface area contributed by atoms with E-state index in [1.807, 2.05) is 80.3 Å². The average Bonchev–Trinajstić information content (AvgIpc) is 3.30. The van der Waals surface area contributed by atoms with E-state index < -0.39 is 0 Å². The molecule has 0 bridgehead atoms. The van der Waals surface area contributed by atoms with E-state index in [1.165, 1.54) is 0 Å². The van der Waals surface area contributed by atoms with Gasteiger partial charge in [0.15, 0.2) is 0 Å². The number of carbonyl (C=O) groups is 1. The minimum absolute atomic E-state index is 0.114. The molecule has 2 unspecified atom stereocenters. The molecule has 32 heavy (non-hydrogen) atoms. The molecule has 2 aromatic rings. The van der Waals surface area contributed by atoms with Crippen molar-refractivity contribution in [3.8, 4) is 0 Å². The van der Waals surface area contributed by atoms with Crippen LogP contribution >= 0.6 is 0 Å². The maximum absolute atomic E-state index is 13.6. The van der Waals surface area contributed by atoms with Crippen molar-refractivity contribution in [2.24, 2.45) is 11.8 Å². The van der Waals surface area contributed by atoms with E-state index in [4.69, 9.17) is 0 Å². The second-order valence-electron chi connectivity index (χ2n) is 9.23. The van der Waals surface area contributed by atoms with Crippen LogP contribution in [0.3, 0.4) is 0 Å². The number of allylic oxidation sites excluding steroid dienone is 1. The fourth-order valence-electron chi connectivity index (χ4n) is 5.03. The summed E-state index contributed by atoms with van der Waals surface area (Å²) in [5.74, 6) is 1.85. The first-order valence-electron chi connectivity index (χ1n) is 11.3. The zero-order chi connectivity index (χ0) is 23.0. The zero-order valence-corrected chi connectivity index (χ0v) is 20.0. The van der Waals surface area contributed by atoms with Crippen molar-refractivity contribution in [2.45, 2.75) is 27.7 Å². The fourth-order valence-corrected chi connectivity index (χ4v) is 5.03. The first-order chi connectivity index (χ1) is 15.3. The van der Waals surface area contributed by atoms with Crippen molar-refractivity contribution in [2.75, 3.05) is 50.2 Å². The number of aromatic nitrogens is 2. The van der Waals surface area contributed by atoms with Crippen molar-refractivity contribution in [3.05, 3.63) is 59.1 Å². The van der Waals surface area contributed by atoms with Gasteiger partial charge >= 0.3 is 0 Å². The van der Waals surface area contributed by atoms with Crippen molar-refractivity contribution in [1.82, 2.24) is 19.9 Å². The molecule has 3 heterocycles. The second-order valence-corrected chi connectivity index (χ2v) is 9.23. The van der Waals surface area contributed by atoms with Crippen LogP contribution in [0.2, 0.25) is 0 Å². The van der Waals surface area contributed by atoms with Gasteiger partial charge < -0.3 is 9.80 Å². The molecule has 0 spiro atoms. The van der Waals surface area contributed by atoms with E-state index in [1.54, 1.807) is 0 Å². The maximum Gasteiger partial charge on any atom is 0.256 e. The number of benzene rings is 1. The van der Waals surface area contributed by atoms with Crippen molar-refractivity contribution in [1.29, 1.82) is 0 Å². The largest absolute Gasteiger partial charge is 0.340 e. The third-order valence-electron chi connectivity index (χ3n) is 6.45. The number of rotatable bonds is 5. The van der Waals surface area contributed by atoms with Gasteiger partial charge in [0.25, 0.3) is 5.91 Å². The number of para-hydroxylation sites is 1. The van der Waals surface area contributed by atoms with E-state index in [0.29, 0.717) is 11.8 Å². The van der Waals surface area contributed by atoms with Gasteiger partial charge in [-0.15, -0.1) is 0 Å². The monoisotopic (exact) mass is 434 g/mol. The molecule has 4 rings (SSSR count). The molecule has 2 atom stereocenters. The Bertz CT molecular complexity index is 999. The van der Waals surface area contributed by atoms with E-state index in [2.05, 4.69) is 27.9 Å². The predicted molar refractivity (Wildman–Crippen MR) is 129 cm³/mol. The second kappa shape index (κ2) is 8.90. The summed E-state index contributed by atoms with van der Waals surface area (Å²) < 4.78 is 0. The van der Waals surface area contributed by atoms with Gasteiger partial charge in [0.05, 0.1) is 11.3 Å². The summed E-state index contributed by atoms with van der Waals surface area (Å²) in [6, 6.07) is 8.00. The minimum atomic E-state index is 0.114. The number of fused-ring (bicyclic) bond motifs is 1. The highest BCUT2D eigenvalue weighted by Crippen LogP contribution is 2.35. The quantitative estimate of drug-likeness (QED) is 0.672. The average molecular weight is 435 g/mol. The Balaban J connectivity index is 1.52. The van der Waals surface area contributed by atoms with Crippen LogP contribution in [0.1, 0.15) is 34.2 Å². The molecular formula is C25H34N6O. The third kappa shape index (κ3) is 4.21. The first-order valence-corrected chi connectivity index (χ1v) is 11.3. The predicted octanol–water partition coefficient (Wildman–Crippen LogP) is 3.43. The standard InChI is InChI=1S/C25H34N6O/c1-7-11-31(28(5)6)23-17(2)9-8-10-22(23)24(32)29-13-20-15-30(16-21(20)14-29)25-26-18(3)12-19(4)27-25/h7-12,20-21H,13-16H2,1-6H3/b11-7-. The van der Waals surface area contributed by atoms with Crippen LogP contribution in [-0.2, 0) is 0 Å². The molecule has 7 heteroatoms. The lowest BCUT2D eigenvalue weighted by atomic mass is 10.0. The summed E-state index contributed by atoms with van der Waals surface area (Å²) >= 11 is 0. The Labute approximate surface area is 191 Å². The summed E-state index contributed by atoms with van der Waals surface area (Å²) in [6.45, 7) is 11.4. The van der Waals surface area contributed by atoms with Crippen LogP contribution in [0.25, 0.3) is 0 Å². The van der Waals surface area contributed by atoms with Gasteiger partial charge in [-0.05, 0) is 45.4 Å². The summed E-state index contributed by atoms with van der Waals surface area (Å²) in [5.41, 5.74) is 4.79. The minimum Gasteiger partial charge on any atom is -0.340 e. The molecule has 1 amide bonds. The summed E-state index contributed by atoms with van der Waals surface area (Å²) in [4.78, 5) is 27.2. The number of carbonyl (C=O) groups excluding carboxylic acids is 1. The van der Waals surface area contributed by atoms with Crippen LogP contribution in [0, 0.1) is 32.6 Å². The Morgan fingerprint density at radius 2 is 1.66 bits per heavy atom. The Kier molecular flexibility index (Phi) is 6.20. The molecule has 7 nitrogen and oxygen atoms in total. The Hall–Kier alpha value is -2.93. The summed E-state index contributed by atoms with van der Waals surface area (Å²) in [5, 5.41) is 4.04. The molecular weight excluding hydrogens is 400 g/mol. The molecule has 170 valence electrons. The van der Waals surface area contributed by atoms with Crippen LogP contribution in [0.4, 0.5) is 11.6 Å². The number of likely N-dealkylation sites (tertiary alicyclic amines) is 1. The highest BCUT2D eigenvalue weighted by atomic mass is 16.2. The summed E-state index contributed by atoms with van der Waals surface area (Å²) in [7, 11) is 3.98. The maximum atomic E-state index is 13.6. The van der Waals surface area contributed by atoms with Crippen LogP contribution in [0.5, 0.6) is 0 Å². The Morgan fingerprint density at radius 3 is 2.22 bits per heavy atom. The molecule has 2 fully saturated rings. The number of hydrogen-bond donors (Lipinski definition) is 0. The van der Waals surface area contributed by atoms with Crippen molar-refractivity contribution >= 4 is 17.5 Å². The molecule has 0 N–H and O–H groups in total. The Morgan fingerprint density at radius 1 is 1.03 bits per heavy atom.